The first-order chi connectivity index (χ1) is 7.25. The second-order valence-electron chi connectivity index (χ2n) is 3.10. The Labute approximate surface area is 86.8 Å². The van der Waals surface area contributed by atoms with Gasteiger partial charge in [0.2, 0.25) is 0 Å². The molecule has 76 valence electrons. The number of hydrogen-bond acceptors (Lipinski definition) is 3. The van der Waals surface area contributed by atoms with Gasteiger partial charge in [-0.25, -0.2) is 0 Å². The maximum Gasteiger partial charge on any atom is 0.258 e. The lowest BCUT2D eigenvalue weighted by Crippen LogP contribution is -2.11. The van der Waals surface area contributed by atoms with Gasteiger partial charge in [-0.05, 0) is 12.1 Å². The van der Waals surface area contributed by atoms with Crippen LogP contribution in [0.5, 0.6) is 0 Å². The van der Waals surface area contributed by atoms with Crippen molar-refractivity contribution in [2.24, 2.45) is 7.05 Å². The minimum absolute atomic E-state index is 0.184. The molecule has 5 nitrogen and oxygen atoms in total. The number of aryl methyl sites for hydroxylation is 1. The first-order valence-electron chi connectivity index (χ1n) is 4.46. The van der Waals surface area contributed by atoms with Gasteiger partial charge >= 0.3 is 0 Å². The molecule has 0 bridgehead atoms. The molecule has 0 saturated heterocycles. The summed E-state index contributed by atoms with van der Waals surface area (Å²) in [6.45, 7) is 0. The van der Waals surface area contributed by atoms with Gasteiger partial charge in [-0.15, -0.1) is 0 Å². The third-order valence-electron chi connectivity index (χ3n) is 1.89. The Morgan fingerprint density at radius 2 is 2.33 bits per heavy atom. The number of pyridine rings is 1. The lowest BCUT2D eigenvalue weighted by molar-refractivity contribution is 0.102. The van der Waals surface area contributed by atoms with E-state index in [0.717, 1.165) is 0 Å². The molecule has 1 N–H and O–H groups in total. The van der Waals surface area contributed by atoms with E-state index in [1.165, 1.54) is 6.20 Å². The van der Waals surface area contributed by atoms with Crippen LogP contribution in [0.1, 0.15) is 10.4 Å². The van der Waals surface area contributed by atoms with E-state index < -0.39 is 0 Å². The Morgan fingerprint density at radius 3 is 2.93 bits per heavy atom. The van der Waals surface area contributed by atoms with Crippen molar-refractivity contribution in [1.82, 2.24) is 14.8 Å². The van der Waals surface area contributed by atoms with Crippen LogP contribution in [-0.4, -0.2) is 20.7 Å². The van der Waals surface area contributed by atoms with Gasteiger partial charge in [-0.3, -0.25) is 14.5 Å². The van der Waals surface area contributed by atoms with Crippen LogP contribution >= 0.6 is 0 Å². The zero-order chi connectivity index (χ0) is 10.7. The van der Waals surface area contributed by atoms with Crippen LogP contribution < -0.4 is 5.32 Å². The summed E-state index contributed by atoms with van der Waals surface area (Å²) in [7, 11) is 1.76. The summed E-state index contributed by atoms with van der Waals surface area (Å²) >= 11 is 0. The summed E-state index contributed by atoms with van der Waals surface area (Å²) in [6, 6.07) is 3.54. The largest absolute Gasteiger partial charge is 0.320 e. The molecule has 2 rings (SSSR count). The zero-order valence-corrected chi connectivity index (χ0v) is 8.21. The van der Waals surface area contributed by atoms with Gasteiger partial charge in [-0.1, -0.05) is 0 Å². The molecule has 2 aromatic heterocycles. The molecule has 2 heterocycles. The number of hydrogen-bond donors (Lipinski definition) is 1. The average Bonchev–Trinajstić information content (AvgIpc) is 2.66. The Hall–Kier alpha value is -2.17. The van der Waals surface area contributed by atoms with Crippen LogP contribution in [0.2, 0.25) is 0 Å². The van der Waals surface area contributed by atoms with Gasteiger partial charge in [-0.2, -0.15) is 5.10 Å². The van der Waals surface area contributed by atoms with E-state index >= 15 is 0 Å². The fourth-order valence-corrected chi connectivity index (χ4v) is 1.18. The number of carbonyl (C=O) groups excluding carboxylic acids is 1. The molecule has 0 aromatic carbocycles. The van der Waals surface area contributed by atoms with E-state index in [-0.39, 0.29) is 5.91 Å². The molecule has 2 aromatic rings. The van der Waals surface area contributed by atoms with Gasteiger partial charge in [0.05, 0.1) is 23.6 Å². The molecule has 0 aliphatic heterocycles. The summed E-state index contributed by atoms with van der Waals surface area (Å²) < 4.78 is 1.58. The van der Waals surface area contributed by atoms with E-state index in [1.807, 2.05) is 0 Å². The quantitative estimate of drug-likeness (QED) is 0.792. The Bertz CT molecular complexity index is 463. The first kappa shape index (κ1) is 9.39. The lowest BCUT2D eigenvalue weighted by Gasteiger charge is -2.01. The molecule has 1 amide bonds. The topological polar surface area (TPSA) is 59.8 Å². The Kier molecular flexibility index (Phi) is 2.45. The Morgan fingerprint density at radius 1 is 1.47 bits per heavy atom. The molecule has 0 aliphatic carbocycles. The molecule has 0 atom stereocenters. The van der Waals surface area contributed by atoms with Crippen molar-refractivity contribution in [1.29, 1.82) is 0 Å². The smallest absolute Gasteiger partial charge is 0.258 e. The normalized spacial score (nSPS) is 9.93. The predicted molar refractivity (Wildman–Crippen MR) is 55.4 cm³/mol. The highest BCUT2D eigenvalue weighted by Gasteiger charge is 2.07. The van der Waals surface area contributed by atoms with Gasteiger partial charge < -0.3 is 5.32 Å². The highest BCUT2D eigenvalue weighted by atomic mass is 16.1. The van der Waals surface area contributed by atoms with E-state index in [1.54, 1.807) is 42.5 Å². The fraction of sp³-hybridized carbons (Fsp3) is 0.100. The van der Waals surface area contributed by atoms with Crippen molar-refractivity contribution in [3.05, 3.63) is 42.5 Å². The number of carbonyl (C=O) groups is 1. The van der Waals surface area contributed by atoms with Crippen molar-refractivity contribution in [3.8, 4) is 0 Å². The number of rotatable bonds is 2. The molecule has 0 radical (unpaired) electrons. The number of nitrogens with one attached hydrogen (secondary N) is 1. The maximum atomic E-state index is 11.6. The van der Waals surface area contributed by atoms with Gasteiger partial charge in [0.15, 0.2) is 0 Å². The van der Waals surface area contributed by atoms with E-state index in [0.29, 0.717) is 11.3 Å². The van der Waals surface area contributed by atoms with Crippen molar-refractivity contribution >= 4 is 11.6 Å². The fourth-order valence-electron chi connectivity index (χ4n) is 1.18. The van der Waals surface area contributed by atoms with Crippen LogP contribution in [0, 0.1) is 0 Å². The summed E-state index contributed by atoms with van der Waals surface area (Å²) in [5.74, 6) is -0.184. The molecule has 0 spiro atoms. The van der Waals surface area contributed by atoms with Crippen LogP contribution in [0.4, 0.5) is 5.69 Å². The molecule has 0 fully saturated rings. The molecular weight excluding hydrogens is 192 g/mol. The number of anilines is 1. The van der Waals surface area contributed by atoms with Crippen LogP contribution in [0.15, 0.2) is 36.9 Å². The molecular formula is C10H10N4O. The van der Waals surface area contributed by atoms with E-state index in [9.17, 15) is 4.79 Å². The standard InChI is InChI=1S/C10H10N4O/c1-14-7-8(5-12-14)10(15)13-9-3-2-4-11-6-9/h2-7H,1H3,(H,13,15). The zero-order valence-electron chi connectivity index (χ0n) is 8.21. The highest BCUT2D eigenvalue weighted by molar-refractivity contribution is 6.03. The highest BCUT2D eigenvalue weighted by Crippen LogP contribution is 2.05. The van der Waals surface area contributed by atoms with Crippen molar-refractivity contribution in [2.75, 3.05) is 5.32 Å². The third kappa shape index (κ3) is 2.19. The molecule has 5 heteroatoms. The number of aromatic nitrogens is 3. The third-order valence-corrected chi connectivity index (χ3v) is 1.89. The summed E-state index contributed by atoms with van der Waals surface area (Å²) in [4.78, 5) is 15.5. The minimum Gasteiger partial charge on any atom is -0.320 e. The summed E-state index contributed by atoms with van der Waals surface area (Å²) in [6.07, 6.45) is 6.42. The summed E-state index contributed by atoms with van der Waals surface area (Å²) in [5.41, 5.74) is 1.20. The van der Waals surface area contributed by atoms with Crippen LogP contribution in [0.3, 0.4) is 0 Å². The number of amides is 1. The summed E-state index contributed by atoms with van der Waals surface area (Å²) in [5, 5.41) is 6.64. The van der Waals surface area contributed by atoms with Crippen LogP contribution in [-0.2, 0) is 7.05 Å². The molecule has 0 aliphatic rings. The first-order valence-corrected chi connectivity index (χ1v) is 4.46. The molecule has 0 unspecified atom stereocenters. The predicted octanol–water partition coefficient (Wildman–Crippen LogP) is 1.07. The van der Waals surface area contributed by atoms with Gasteiger partial charge in [0, 0.05) is 19.4 Å². The van der Waals surface area contributed by atoms with Gasteiger partial charge in [0.1, 0.15) is 0 Å². The number of nitrogens with zero attached hydrogens (tertiary/aromatic N) is 3. The Balaban J connectivity index is 2.11. The van der Waals surface area contributed by atoms with Crippen molar-refractivity contribution < 1.29 is 4.79 Å². The van der Waals surface area contributed by atoms with Crippen LogP contribution in [0.25, 0.3) is 0 Å². The van der Waals surface area contributed by atoms with Crippen molar-refractivity contribution in [3.63, 3.8) is 0 Å². The molecule has 0 saturated carbocycles. The SMILES string of the molecule is Cn1cc(C(=O)Nc2cccnc2)cn1. The second-order valence-corrected chi connectivity index (χ2v) is 3.10. The average molecular weight is 202 g/mol. The monoisotopic (exact) mass is 202 g/mol. The van der Waals surface area contributed by atoms with E-state index in [2.05, 4.69) is 15.4 Å². The van der Waals surface area contributed by atoms with E-state index in [4.69, 9.17) is 0 Å². The second kappa shape index (κ2) is 3.91. The van der Waals surface area contributed by atoms with Crippen molar-refractivity contribution in [2.45, 2.75) is 0 Å². The lowest BCUT2D eigenvalue weighted by atomic mass is 10.3. The maximum absolute atomic E-state index is 11.6. The minimum atomic E-state index is -0.184. The van der Waals surface area contributed by atoms with Gasteiger partial charge in [0.25, 0.3) is 5.91 Å². The molecule has 15 heavy (non-hydrogen) atoms.